The number of carbonyl (C=O) groups is 2. The largest absolute Gasteiger partial charge is 0.481 e. The van der Waals surface area contributed by atoms with Crippen LogP contribution in [0.3, 0.4) is 0 Å². The molecule has 0 spiro atoms. The molecule has 1 aromatic carbocycles. The number of carboxylic acids is 1. The van der Waals surface area contributed by atoms with Gasteiger partial charge in [0.2, 0.25) is 5.91 Å². The fourth-order valence-corrected chi connectivity index (χ4v) is 2.98. The van der Waals surface area contributed by atoms with E-state index in [1.54, 1.807) is 4.90 Å². The molecule has 1 fully saturated rings. The lowest BCUT2D eigenvalue weighted by Crippen LogP contribution is -2.43. The summed E-state index contributed by atoms with van der Waals surface area (Å²) >= 11 is 1.49. The fourth-order valence-electron chi connectivity index (χ4n) is 2.16. The summed E-state index contributed by atoms with van der Waals surface area (Å²) in [5, 5.41) is 9.00. The van der Waals surface area contributed by atoms with Gasteiger partial charge in [-0.2, -0.15) is 0 Å². The average Bonchev–Trinajstić information content (AvgIpc) is 2.46. The Hall–Kier alpha value is -1.49. The number of piperidine rings is 1. The molecule has 0 unspecified atom stereocenters. The second-order valence-corrected chi connectivity index (χ2v) is 5.67. The van der Waals surface area contributed by atoms with Gasteiger partial charge in [-0.05, 0) is 25.0 Å². The smallest absolute Gasteiger partial charge is 0.308 e. The van der Waals surface area contributed by atoms with E-state index in [-0.39, 0.29) is 5.91 Å². The van der Waals surface area contributed by atoms with Gasteiger partial charge in [-0.15, -0.1) is 11.8 Å². The number of likely N-dealkylation sites (tertiary alicyclic amines) is 1. The molecule has 0 aliphatic carbocycles. The van der Waals surface area contributed by atoms with Crippen molar-refractivity contribution in [3.05, 3.63) is 30.3 Å². The van der Waals surface area contributed by atoms with Crippen LogP contribution in [0.1, 0.15) is 12.8 Å². The van der Waals surface area contributed by atoms with Crippen molar-refractivity contribution in [2.45, 2.75) is 17.7 Å². The highest BCUT2D eigenvalue weighted by Crippen LogP contribution is 2.21. The lowest BCUT2D eigenvalue weighted by molar-refractivity contribution is -0.145. The number of nitrogens with zero attached hydrogens (tertiary/aromatic N) is 1. The molecular formula is C14H17NO3S. The molecule has 1 N–H and O–H groups in total. The molecule has 1 heterocycles. The molecule has 0 radical (unpaired) electrons. The number of thioether (sulfide) groups is 1. The van der Waals surface area contributed by atoms with Crippen LogP contribution in [0.5, 0.6) is 0 Å². The van der Waals surface area contributed by atoms with Gasteiger partial charge in [0.1, 0.15) is 0 Å². The highest BCUT2D eigenvalue weighted by molar-refractivity contribution is 8.00. The maximum absolute atomic E-state index is 12.1. The third kappa shape index (κ3) is 3.99. The van der Waals surface area contributed by atoms with Crippen molar-refractivity contribution >= 4 is 23.6 Å². The van der Waals surface area contributed by atoms with E-state index in [2.05, 4.69) is 0 Å². The number of aliphatic carboxylic acids is 1. The van der Waals surface area contributed by atoms with Crippen LogP contribution in [0, 0.1) is 5.92 Å². The first kappa shape index (κ1) is 13.9. The number of carbonyl (C=O) groups excluding carboxylic acids is 1. The van der Waals surface area contributed by atoms with Gasteiger partial charge in [0, 0.05) is 18.0 Å². The van der Waals surface area contributed by atoms with E-state index in [0.717, 1.165) is 11.3 Å². The van der Waals surface area contributed by atoms with Gasteiger partial charge in [0.25, 0.3) is 0 Å². The van der Waals surface area contributed by atoms with Crippen molar-refractivity contribution in [2.24, 2.45) is 5.92 Å². The maximum Gasteiger partial charge on any atom is 0.308 e. The Kier molecular flexibility index (Phi) is 4.85. The van der Waals surface area contributed by atoms with Crippen LogP contribution in [-0.2, 0) is 9.59 Å². The molecule has 1 amide bonds. The number of benzene rings is 1. The molecule has 0 saturated carbocycles. The molecule has 1 saturated heterocycles. The average molecular weight is 279 g/mol. The standard InChI is InChI=1S/C14H17NO3S/c16-13(10-19-12-6-2-1-3-7-12)15-8-4-5-11(9-15)14(17)18/h1-3,6-7,11H,4-5,8-10H2,(H,17,18)/t11-/m0/s1. The summed E-state index contributed by atoms with van der Waals surface area (Å²) in [5.74, 6) is -0.802. The molecule has 1 aliphatic heterocycles. The SMILES string of the molecule is O=C(O)[C@H]1CCCN(C(=O)CSc2ccccc2)C1. The zero-order valence-corrected chi connectivity index (χ0v) is 11.4. The van der Waals surface area contributed by atoms with Gasteiger partial charge < -0.3 is 10.0 Å². The predicted molar refractivity (Wildman–Crippen MR) is 74.1 cm³/mol. The molecule has 1 aliphatic rings. The van der Waals surface area contributed by atoms with Crippen LogP contribution in [0.2, 0.25) is 0 Å². The van der Waals surface area contributed by atoms with Crippen molar-refractivity contribution in [2.75, 3.05) is 18.8 Å². The first-order chi connectivity index (χ1) is 9.16. The third-order valence-electron chi connectivity index (χ3n) is 3.23. The van der Waals surface area contributed by atoms with Crippen molar-refractivity contribution in [1.29, 1.82) is 0 Å². The second-order valence-electron chi connectivity index (χ2n) is 4.62. The molecule has 1 atom stereocenters. The zero-order chi connectivity index (χ0) is 13.7. The summed E-state index contributed by atoms with van der Waals surface area (Å²) in [7, 11) is 0. The van der Waals surface area contributed by atoms with Crippen LogP contribution < -0.4 is 0 Å². The van der Waals surface area contributed by atoms with Crippen molar-refractivity contribution in [1.82, 2.24) is 4.90 Å². The topological polar surface area (TPSA) is 57.6 Å². The normalized spacial score (nSPS) is 19.2. The van der Waals surface area contributed by atoms with Gasteiger partial charge in [-0.3, -0.25) is 9.59 Å². The number of hydrogen-bond donors (Lipinski definition) is 1. The van der Waals surface area contributed by atoms with Gasteiger partial charge in [0.15, 0.2) is 0 Å². The Morgan fingerprint density at radius 1 is 1.32 bits per heavy atom. The molecular weight excluding hydrogens is 262 g/mol. The summed E-state index contributed by atoms with van der Waals surface area (Å²) in [6.45, 7) is 1.03. The summed E-state index contributed by atoms with van der Waals surface area (Å²) in [6.07, 6.45) is 1.45. The van der Waals surface area contributed by atoms with E-state index in [1.807, 2.05) is 30.3 Å². The lowest BCUT2D eigenvalue weighted by Gasteiger charge is -2.30. The number of hydrogen-bond acceptors (Lipinski definition) is 3. The molecule has 4 nitrogen and oxygen atoms in total. The monoisotopic (exact) mass is 279 g/mol. The van der Waals surface area contributed by atoms with E-state index in [9.17, 15) is 9.59 Å². The van der Waals surface area contributed by atoms with E-state index in [0.29, 0.717) is 25.3 Å². The Morgan fingerprint density at radius 3 is 2.74 bits per heavy atom. The first-order valence-corrected chi connectivity index (χ1v) is 7.34. The number of carboxylic acid groups (broad SMARTS) is 1. The Bertz CT molecular complexity index is 449. The summed E-state index contributed by atoms with van der Waals surface area (Å²) in [6, 6.07) is 9.75. The minimum atomic E-state index is -0.798. The predicted octanol–water partition coefficient (Wildman–Crippen LogP) is 2.10. The molecule has 0 aromatic heterocycles. The molecule has 1 aromatic rings. The van der Waals surface area contributed by atoms with Crippen LogP contribution in [0.4, 0.5) is 0 Å². The van der Waals surface area contributed by atoms with Crippen molar-refractivity contribution in [3.63, 3.8) is 0 Å². The minimum Gasteiger partial charge on any atom is -0.481 e. The highest BCUT2D eigenvalue weighted by atomic mass is 32.2. The summed E-state index contributed by atoms with van der Waals surface area (Å²) in [4.78, 5) is 25.7. The molecule has 19 heavy (non-hydrogen) atoms. The van der Waals surface area contributed by atoms with Crippen LogP contribution >= 0.6 is 11.8 Å². The molecule has 2 rings (SSSR count). The Morgan fingerprint density at radius 2 is 2.05 bits per heavy atom. The third-order valence-corrected chi connectivity index (χ3v) is 4.23. The quantitative estimate of drug-likeness (QED) is 0.858. The molecule has 0 bridgehead atoms. The van der Waals surface area contributed by atoms with Gasteiger partial charge in [-0.25, -0.2) is 0 Å². The van der Waals surface area contributed by atoms with Crippen LogP contribution in [-0.4, -0.2) is 40.7 Å². The molecule has 102 valence electrons. The first-order valence-electron chi connectivity index (χ1n) is 6.35. The Balaban J connectivity index is 1.84. The number of amides is 1. The lowest BCUT2D eigenvalue weighted by atomic mass is 9.98. The van der Waals surface area contributed by atoms with E-state index < -0.39 is 11.9 Å². The second kappa shape index (κ2) is 6.61. The van der Waals surface area contributed by atoms with Crippen LogP contribution in [0.15, 0.2) is 35.2 Å². The van der Waals surface area contributed by atoms with E-state index in [1.165, 1.54) is 11.8 Å². The molecule has 5 heteroatoms. The summed E-state index contributed by atoms with van der Waals surface area (Å²) in [5.41, 5.74) is 0. The van der Waals surface area contributed by atoms with E-state index in [4.69, 9.17) is 5.11 Å². The minimum absolute atomic E-state index is 0.0276. The van der Waals surface area contributed by atoms with Gasteiger partial charge in [0.05, 0.1) is 11.7 Å². The van der Waals surface area contributed by atoms with Crippen molar-refractivity contribution < 1.29 is 14.7 Å². The highest BCUT2D eigenvalue weighted by Gasteiger charge is 2.27. The maximum atomic E-state index is 12.1. The zero-order valence-electron chi connectivity index (χ0n) is 10.6. The summed E-state index contributed by atoms with van der Waals surface area (Å²) < 4.78 is 0. The Labute approximate surface area is 116 Å². The number of rotatable bonds is 4. The van der Waals surface area contributed by atoms with Gasteiger partial charge in [-0.1, -0.05) is 18.2 Å². The van der Waals surface area contributed by atoms with Crippen LogP contribution in [0.25, 0.3) is 0 Å². The van der Waals surface area contributed by atoms with Crippen molar-refractivity contribution in [3.8, 4) is 0 Å². The fraction of sp³-hybridized carbons (Fsp3) is 0.429. The van der Waals surface area contributed by atoms with Gasteiger partial charge >= 0.3 is 5.97 Å². The van der Waals surface area contributed by atoms with E-state index >= 15 is 0 Å².